The summed E-state index contributed by atoms with van der Waals surface area (Å²) in [5.41, 5.74) is -1.90. The van der Waals surface area contributed by atoms with Crippen LogP contribution >= 0.6 is 12.4 Å². The highest BCUT2D eigenvalue weighted by molar-refractivity contribution is 5.85. The van der Waals surface area contributed by atoms with Gasteiger partial charge in [-0.1, -0.05) is 6.42 Å². The second-order valence-corrected chi connectivity index (χ2v) is 5.94. The van der Waals surface area contributed by atoms with Crippen molar-refractivity contribution in [2.45, 2.75) is 55.5 Å². The predicted octanol–water partition coefficient (Wildman–Crippen LogP) is 3.53. The normalized spacial score (nSPS) is 34.6. The zero-order chi connectivity index (χ0) is 12.6. The van der Waals surface area contributed by atoms with Crippen LogP contribution < -0.4 is 0 Å². The lowest BCUT2D eigenvalue weighted by Gasteiger charge is -2.14. The molecule has 0 spiro atoms. The van der Waals surface area contributed by atoms with E-state index in [9.17, 15) is 13.2 Å². The number of rotatable bonds is 2. The molecule has 1 heterocycles. The highest BCUT2D eigenvalue weighted by atomic mass is 35.5. The maximum absolute atomic E-state index is 12.9. The van der Waals surface area contributed by atoms with E-state index in [0.29, 0.717) is 11.8 Å². The topological polar surface area (TPSA) is 38.9 Å². The first-order valence-corrected chi connectivity index (χ1v) is 6.39. The Hall–Kier alpha value is -0.780. The number of aromatic nitrogens is 2. The maximum atomic E-state index is 12.9. The first kappa shape index (κ1) is 13.2. The van der Waals surface area contributed by atoms with E-state index in [4.69, 9.17) is 4.42 Å². The molecule has 7 heteroatoms. The van der Waals surface area contributed by atoms with Crippen molar-refractivity contribution in [1.29, 1.82) is 0 Å². The van der Waals surface area contributed by atoms with Gasteiger partial charge in [0.05, 0.1) is 5.41 Å². The minimum Gasteiger partial charge on any atom is -0.424 e. The Morgan fingerprint density at radius 3 is 2.26 bits per heavy atom. The molecule has 3 fully saturated rings. The third kappa shape index (κ3) is 1.58. The van der Waals surface area contributed by atoms with Crippen LogP contribution in [0.15, 0.2) is 4.42 Å². The van der Waals surface area contributed by atoms with Gasteiger partial charge in [0.15, 0.2) is 0 Å². The summed E-state index contributed by atoms with van der Waals surface area (Å²) < 4.78 is 44.3. The number of nitrogens with zero attached hydrogens (tertiary/aromatic N) is 2. The highest BCUT2D eigenvalue weighted by Crippen LogP contribution is 2.65. The van der Waals surface area contributed by atoms with Gasteiger partial charge < -0.3 is 4.42 Å². The fourth-order valence-corrected chi connectivity index (χ4v) is 3.46. The highest BCUT2D eigenvalue weighted by Gasteiger charge is 2.69. The van der Waals surface area contributed by atoms with Gasteiger partial charge in [0, 0.05) is 0 Å². The van der Waals surface area contributed by atoms with Crippen molar-refractivity contribution in [3.05, 3.63) is 11.8 Å². The SMILES string of the molecule is Cl.FC(F)(F)C1(c2nnc(C34CCCC3C4)o2)CC1. The van der Waals surface area contributed by atoms with E-state index in [-0.39, 0.29) is 36.6 Å². The lowest BCUT2D eigenvalue weighted by atomic mass is 10.0. The Morgan fingerprint density at radius 1 is 1.11 bits per heavy atom. The van der Waals surface area contributed by atoms with E-state index in [1.807, 2.05) is 0 Å². The van der Waals surface area contributed by atoms with Crippen LogP contribution in [-0.4, -0.2) is 16.4 Å². The summed E-state index contributed by atoms with van der Waals surface area (Å²) in [5, 5.41) is 7.61. The van der Waals surface area contributed by atoms with Gasteiger partial charge in [-0.2, -0.15) is 13.2 Å². The van der Waals surface area contributed by atoms with E-state index in [1.54, 1.807) is 0 Å². The molecule has 0 aromatic carbocycles. The molecule has 2 atom stereocenters. The fourth-order valence-electron chi connectivity index (χ4n) is 3.46. The monoisotopic (exact) mass is 294 g/mol. The number of halogens is 4. The number of fused-ring (bicyclic) bond motifs is 1. The molecule has 0 N–H and O–H groups in total. The van der Waals surface area contributed by atoms with Gasteiger partial charge in [0.1, 0.15) is 5.41 Å². The summed E-state index contributed by atoms with van der Waals surface area (Å²) in [5.74, 6) is 0.805. The molecule has 0 bridgehead atoms. The molecule has 3 saturated carbocycles. The van der Waals surface area contributed by atoms with Crippen molar-refractivity contribution in [3.8, 4) is 0 Å². The van der Waals surface area contributed by atoms with Crippen molar-refractivity contribution < 1.29 is 17.6 Å². The van der Waals surface area contributed by atoms with Crippen molar-refractivity contribution >= 4 is 12.4 Å². The molecule has 106 valence electrons. The summed E-state index contributed by atoms with van der Waals surface area (Å²) in [6, 6.07) is 0. The summed E-state index contributed by atoms with van der Waals surface area (Å²) in [6.45, 7) is 0. The van der Waals surface area contributed by atoms with E-state index < -0.39 is 11.6 Å². The number of hydrogen-bond acceptors (Lipinski definition) is 3. The average Bonchev–Trinajstić information content (AvgIpc) is 3.16. The first-order chi connectivity index (χ1) is 8.48. The van der Waals surface area contributed by atoms with Crippen LogP contribution in [0.3, 0.4) is 0 Å². The number of hydrogen-bond donors (Lipinski definition) is 0. The van der Waals surface area contributed by atoms with E-state index in [2.05, 4.69) is 10.2 Å². The molecule has 0 saturated heterocycles. The average molecular weight is 295 g/mol. The quantitative estimate of drug-likeness (QED) is 0.837. The molecular formula is C12H14ClF3N2O. The standard InChI is InChI=1S/C12H13F3N2O.ClH/c13-12(14,15)11(4-5-11)9-17-16-8(18-9)10-3-1-2-7(10)6-10;/h7H,1-6H2;1H. The summed E-state index contributed by atoms with van der Waals surface area (Å²) in [7, 11) is 0. The minimum absolute atomic E-state index is 0. The maximum Gasteiger partial charge on any atom is 0.403 e. The van der Waals surface area contributed by atoms with Crippen molar-refractivity contribution in [1.82, 2.24) is 10.2 Å². The van der Waals surface area contributed by atoms with Gasteiger partial charge in [-0.3, -0.25) is 0 Å². The van der Waals surface area contributed by atoms with Gasteiger partial charge in [0.25, 0.3) is 0 Å². The molecule has 0 aliphatic heterocycles. The number of alkyl halides is 3. The molecule has 0 amide bonds. The second kappa shape index (κ2) is 3.65. The lowest BCUT2D eigenvalue weighted by molar-refractivity contribution is -0.165. The lowest BCUT2D eigenvalue weighted by Crippen LogP contribution is -2.29. The Labute approximate surface area is 114 Å². The van der Waals surface area contributed by atoms with Crippen LogP contribution in [0.1, 0.15) is 50.3 Å². The molecule has 3 aliphatic rings. The molecule has 1 aromatic rings. The Balaban J connectivity index is 0.00000110. The third-order valence-electron chi connectivity index (χ3n) is 4.96. The summed E-state index contributed by atoms with van der Waals surface area (Å²) in [6.07, 6.45) is 0.136. The molecule has 19 heavy (non-hydrogen) atoms. The molecule has 4 rings (SSSR count). The molecule has 2 unspecified atom stereocenters. The summed E-state index contributed by atoms with van der Waals surface area (Å²) in [4.78, 5) is 0. The van der Waals surface area contributed by atoms with Crippen molar-refractivity contribution in [3.63, 3.8) is 0 Å². The van der Waals surface area contributed by atoms with Gasteiger partial charge >= 0.3 is 6.18 Å². The van der Waals surface area contributed by atoms with Crippen LogP contribution in [0.2, 0.25) is 0 Å². The van der Waals surface area contributed by atoms with Crippen LogP contribution in [0.25, 0.3) is 0 Å². The largest absolute Gasteiger partial charge is 0.424 e. The van der Waals surface area contributed by atoms with E-state index >= 15 is 0 Å². The molecule has 0 radical (unpaired) electrons. The van der Waals surface area contributed by atoms with Crippen LogP contribution in [0, 0.1) is 5.92 Å². The molecule has 3 aliphatic carbocycles. The van der Waals surface area contributed by atoms with Crippen molar-refractivity contribution in [2.75, 3.05) is 0 Å². The van der Waals surface area contributed by atoms with Gasteiger partial charge in [0.2, 0.25) is 11.8 Å². The van der Waals surface area contributed by atoms with Gasteiger partial charge in [-0.25, -0.2) is 0 Å². The van der Waals surface area contributed by atoms with E-state index in [1.165, 1.54) is 0 Å². The molecule has 1 aromatic heterocycles. The minimum atomic E-state index is -4.27. The van der Waals surface area contributed by atoms with Crippen LogP contribution in [-0.2, 0) is 10.8 Å². The Kier molecular flexibility index (Phi) is 2.54. The fraction of sp³-hybridized carbons (Fsp3) is 0.833. The van der Waals surface area contributed by atoms with E-state index in [0.717, 1.165) is 25.7 Å². The van der Waals surface area contributed by atoms with Crippen LogP contribution in [0.4, 0.5) is 13.2 Å². The second-order valence-electron chi connectivity index (χ2n) is 5.94. The first-order valence-electron chi connectivity index (χ1n) is 6.39. The predicted molar refractivity (Wildman–Crippen MR) is 62.1 cm³/mol. The third-order valence-corrected chi connectivity index (χ3v) is 4.96. The zero-order valence-electron chi connectivity index (χ0n) is 10.2. The van der Waals surface area contributed by atoms with Gasteiger partial charge in [-0.05, 0) is 38.0 Å². The van der Waals surface area contributed by atoms with Gasteiger partial charge in [-0.15, -0.1) is 22.6 Å². The van der Waals surface area contributed by atoms with Crippen LogP contribution in [0.5, 0.6) is 0 Å². The molecular weight excluding hydrogens is 281 g/mol. The smallest absolute Gasteiger partial charge is 0.403 e. The molecule has 3 nitrogen and oxygen atoms in total. The Morgan fingerprint density at radius 2 is 1.79 bits per heavy atom. The zero-order valence-corrected chi connectivity index (χ0v) is 11.0. The van der Waals surface area contributed by atoms with Crippen molar-refractivity contribution in [2.24, 2.45) is 5.92 Å². The Bertz CT molecular complexity index is 511. The summed E-state index contributed by atoms with van der Waals surface area (Å²) >= 11 is 0.